The Labute approximate surface area is 241 Å². The number of halogens is 1. The Morgan fingerprint density at radius 2 is 1.92 bits per heavy atom. The second-order valence-electron chi connectivity index (χ2n) is 8.03. The van der Waals surface area contributed by atoms with Gasteiger partial charge >= 0.3 is 0 Å². The summed E-state index contributed by atoms with van der Waals surface area (Å²) in [5, 5.41) is 5.70. The first-order valence-electron chi connectivity index (χ1n) is 11.2. The third kappa shape index (κ3) is 6.26. The molecule has 0 saturated carbocycles. The summed E-state index contributed by atoms with van der Waals surface area (Å²) in [6, 6.07) is 12.2. The Hall–Kier alpha value is -3.19. The number of nitrogens with one attached hydrogen (secondary N) is 2. The lowest BCUT2D eigenvalue weighted by Crippen LogP contribution is -2.44. The van der Waals surface area contributed by atoms with E-state index in [0.717, 1.165) is 32.4 Å². The number of thiophene rings is 1. The van der Waals surface area contributed by atoms with Gasteiger partial charge in [-0.2, -0.15) is 5.01 Å². The van der Waals surface area contributed by atoms with Crippen LogP contribution in [0, 0.1) is 13.8 Å². The zero-order valence-electron chi connectivity index (χ0n) is 20.5. The first-order chi connectivity index (χ1) is 18.2. The normalized spacial score (nSPS) is 14.1. The molecule has 38 heavy (non-hydrogen) atoms. The molecule has 2 heterocycles. The van der Waals surface area contributed by atoms with Crippen molar-refractivity contribution in [2.24, 2.45) is 0 Å². The van der Waals surface area contributed by atoms with Gasteiger partial charge in [-0.15, -0.1) is 11.3 Å². The van der Waals surface area contributed by atoms with Gasteiger partial charge < -0.3 is 14.8 Å². The number of thiocarbonyl (C=S) groups is 1. The second-order valence-corrected chi connectivity index (χ2v) is 11.5. The zero-order chi connectivity index (χ0) is 27.4. The minimum absolute atomic E-state index is 0.215. The molecule has 1 aromatic heterocycles. The Kier molecular flexibility index (Phi) is 8.87. The lowest BCUT2D eigenvalue weighted by atomic mass is 10.1. The molecule has 12 heteroatoms. The molecule has 1 aliphatic heterocycles. The molecule has 0 atom stereocenters. The number of benzene rings is 2. The van der Waals surface area contributed by atoms with Crippen molar-refractivity contribution < 1.29 is 23.9 Å². The number of nitrogens with zero attached hydrogens (tertiary/aromatic N) is 1. The molecule has 2 aromatic carbocycles. The monoisotopic (exact) mass is 631 g/mol. The average Bonchev–Trinajstić information content (AvgIpc) is 3.53. The number of hydrazine groups is 1. The molecule has 2 N–H and O–H groups in total. The van der Waals surface area contributed by atoms with E-state index in [-0.39, 0.29) is 16.8 Å². The van der Waals surface area contributed by atoms with E-state index in [4.69, 9.17) is 21.7 Å². The summed E-state index contributed by atoms with van der Waals surface area (Å²) in [5.41, 5.74) is 5.93. The summed E-state index contributed by atoms with van der Waals surface area (Å²) < 4.78 is 12.3. The number of ether oxygens (including phenoxy) is 2. The van der Waals surface area contributed by atoms with Crippen molar-refractivity contribution in [3.63, 3.8) is 0 Å². The van der Waals surface area contributed by atoms with Crippen molar-refractivity contribution >= 4 is 85.1 Å². The number of amides is 3. The molecule has 0 spiro atoms. The zero-order valence-corrected chi connectivity index (χ0v) is 24.5. The summed E-state index contributed by atoms with van der Waals surface area (Å²) >= 11 is 11.1. The van der Waals surface area contributed by atoms with Gasteiger partial charge in [0.1, 0.15) is 0 Å². The Morgan fingerprint density at radius 1 is 1.13 bits per heavy atom. The molecule has 0 radical (unpaired) electrons. The third-order valence-corrected chi connectivity index (χ3v) is 8.62. The van der Waals surface area contributed by atoms with Crippen LogP contribution in [0.25, 0.3) is 6.08 Å². The Bertz CT molecular complexity index is 1460. The minimum Gasteiger partial charge on any atom is -0.493 e. The predicted molar refractivity (Wildman–Crippen MR) is 158 cm³/mol. The van der Waals surface area contributed by atoms with Gasteiger partial charge in [0.05, 0.1) is 16.9 Å². The van der Waals surface area contributed by atoms with Crippen LogP contribution in [-0.4, -0.2) is 40.8 Å². The maximum atomic E-state index is 12.9. The molecule has 1 aliphatic rings. The van der Waals surface area contributed by atoms with Crippen LogP contribution in [0.3, 0.4) is 0 Å². The SMILES string of the molecule is COc1cc(/C=C2/SC(=S)N(NC(=O)c3cccs3)C2=O)ccc1OCC(=O)Nc1ccc(Br)c(C)c1C. The number of anilines is 1. The number of hydrogen-bond donors (Lipinski definition) is 2. The third-order valence-electron chi connectivity index (χ3n) is 5.59. The van der Waals surface area contributed by atoms with Crippen LogP contribution in [0.5, 0.6) is 11.5 Å². The average molecular weight is 633 g/mol. The van der Waals surface area contributed by atoms with E-state index in [9.17, 15) is 14.4 Å². The highest BCUT2D eigenvalue weighted by atomic mass is 79.9. The van der Waals surface area contributed by atoms with Crippen molar-refractivity contribution in [2.75, 3.05) is 19.0 Å². The minimum atomic E-state index is -0.431. The first kappa shape index (κ1) is 27.8. The number of hydrogen-bond acceptors (Lipinski definition) is 8. The van der Waals surface area contributed by atoms with Crippen LogP contribution in [-0.2, 0) is 9.59 Å². The molecule has 3 amide bonds. The van der Waals surface area contributed by atoms with Gasteiger partial charge in [-0.3, -0.25) is 19.8 Å². The smallest absolute Gasteiger partial charge is 0.285 e. The summed E-state index contributed by atoms with van der Waals surface area (Å²) in [4.78, 5) is 38.5. The van der Waals surface area contributed by atoms with Crippen molar-refractivity contribution in [3.8, 4) is 11.5 Å². The molecular weight excluding hydrogens is 610 g/mol. The highest BCUT2D eigenvalue weighted by Crippen LogP contribution is 2.34. The van der Waals surface area contributed by atoms with Crippen molar-refractivity contribution in [2.45, 2.75) is 13.8 Å². The molecule has 196 valence electrons. The fourth-order valence-corrected chi connectivity index (χ4v) is 5.65. The molecule has 3 aromatic rings. The Morgan fingerprint density at radius 3 is 2.63 bits per heavy atom. The van der Waals surface area contributed by atoms with Crippen LogP contribution in [0.2, 0.25) is 0 Å². The van der Waals surface area contributed by atoms with E-state index >= 15 is 0 Å². The fourth-order valence-electron chi connectivity index (χ4n) is 3.43. The molecule has 4 rings (SSSR count). The molecular formula is C26H22BrN3O5S3. The van der Waals surface area contributed by atoms with Gasteiger partial charge in [0.15, 0.2) is 22.4 Å². The van der Waals surface area contributed by atoms with Crippen molar-refractivity contribution in [1.29, 1.82) is 0 Å². The molecule has 1 saturated heterocycles. The van der Waals surface area contributed by atoms with E-state index < -0.39 is 11.8 Å². The first-order valence-corrected chi connectivity index (χ1v) is 14.1. The van der Waals surface area contributed by atoms with Crippen molar-refractivity contribution in [3.05, 3.63) is 78.8 Å². The summed E-state index contributed by atoms with van der Waals surface area (Å²) in [5.74, 6) is -0.383. The highest BCUT2D eigenvalue weighted by molar-refractivity contribution is 9.10. The molecule has 1 fully saturated rings. The topological polar surface area (TPSA) is 97.0 Å². The lowest BCUT2D eigenvalue weighted by Gasteiger charge is -2.14. The molecule has 0 bridgehead atoms. The van der Waals surface area contributed by atoms with E-state index in [1.54, 1.807) is 41.8 Å². The van der Waals surface area contributed by atoms with Gasteiger partial charge in [0, 0.05) is 10.2 Å². The number of methoxy groups -OCH3 is 1. The van der Waals surface area contributed by atoms with Gasteiger partial charge in [-0.05, 0) is 84.5 Å². The second kappa shape index (κ2) is 12.1. The van der Waals surface area contributed by atoms with E-state index in [2.05, 4.69) is 26.7 Å². The quantitative estimate of drug-likeness (QED) is 0.243. The van der Waals surface area contributed by atoms with E-state index in [1.165, 1.54) is 18.4 Å². The number of carbonyl (C=O) groups excluding carboxylic acids is 3. The summed E-state index contributed by atoms with van der Waals surface area (Å²) in [6.07, 6.45) is 1.65. The highest BCUT2D eigenvalue weighted by Gasteiger charge is 2.34. The van der Waals surface area contributed by atoms with Crippen LogP contribution >= 0.6 is 51.2 Å². The van der Waals surface area contributed by atoms with E-state index in [1.807, 2.05) is 26.0 Å². The number of carbonyl (C=O) groups is 3. The van der Waals surface area contributed by atoms with E-state index in [0.29, 0.717) is 32.5 Å². The molecule has 0 aliphatic carbocycles. The van der Waals surface area contributed by atoms with Crippen LogP contribution < -0.4 is 20.2 Å². The summed E-state index contributed by atoms with van der Waals surface area (Å²) in [7, 11) is 1.49. The standard InChI is InChI=1S/C26H22BrN3O5S3/c1-14-15(2)18(8-7-17(14)27)28-23(31)13-35-19-9-6-16(11-20(19)34-3)12-22-25(33)30(26(36)38-22)29-24(32)21-5-4-10-37-21/h4-12H,13H2,1-3H3,(H,28,31)(H,29,32)/b22-12+. The maximum absolute atomic E-state index is 12.9. The lowest BCUT2D eigenvalue weighted by molar-refractivity contribution is -0.123. The number of rotatable bonds is 8. The maximum Gasteiger partial charge on any atom is 0.285 e. The molecule has 0 unspecified atom stereocenters. The summed E-state index contributed by atoms with van der Waals surface area (Å²) in [6.45, 7) is 3.69. The number of thioether (sulfide) groups is 1. The van der Waals surface area contributed by atoms with Crippen LogP contribution in [0.1, 0.15) is 26.4 Å². The van der Waals surface area contributed by atoms with Crippen LogP contribution in [0.4, 0.5) is 5.69 Å². The molecule has 8 nitrogen and oxygen atoms in total. The van der Waals surface area contributed by atoms with Gasteiger partial charge in [-0.1, -0.05) is 39.8 Å². The fraction of sp³-hybridized carbons (Fsp3) is 0.154. The van der Waals surface area contributed by atoms with Crippen molar-refractivity contribution in [1.82, 2.24) is 10.4 Å². The predicted octanol–water partition coefficient (Wildman–Crippen LogP) is 5.70. The van der Waals surface area contributed by atoms with Gasteiger partial charge in [-0.25, -0.2) is 0 Å². The Balaban J connectivity index is 1.41. The van der Waals surface area contributed by atoms with Crippen LogP contribution in [0.15, 0.2) is 57.2 Å². The van der Waals surface area contributed by atoms with Gasteiger partial charge in [0.2, 0.25) is 0 Å². The van der Waals surface area contributed by atoms with Gasteiger partial charge in [0.25, 0.3) is 17.7 Å². The largest absolute Gasteiger partial charge is 0.493 e.